The molecule has 0 saturated heterocycles. The summed E-state index contributed by atoms with van der Waals surface area (Å²) in [6, 6.07) is 0. The molecule has 332 valence electrons. The molecular weight excluding hydrogens is 697 g/mol. The Bertz CT molecular complexity index is 828. The number of unbranched alkanes of at least 4 members (excludes halogenated alkanes) is 35. The quantitative estimate of drug-likeness (QED) is 0.0347. The zero-order valence-corrected chi connectivity index (χ0v) is 37.9. The fourth-order valence-corrected chi connectivity index (χ4v) is 7.56. The Balaban J connectivity index is 4.27. The molecule has 0 bridgehead atoms. The molecule has 0 radical (unpaired) electrons. The van der Waals surface area contributed by atoms with E-state index in [9.17, 15) is 14.4 Å². The van der Waals surface area contributed by atoms with Crippen molar-refractivity contribution in [1.82, 2.24) is 0 Å². The van der Waals surface area contributed by atoms with E-state index in [1.807, 2.05) is 0 Å². The van der Waals surface area contributed by atoms with Gasteiger partial charge in [-0.05, 0) is 19.3 Å². The summed E-state index contributed by atoms with van der Waals surface area (Å²) in [4.78, 5) is 37.8. The van der Waals surface area contributed by atoms with Gasteiger partial charge in [-0.15, -0.1) is 0 Å². The molecule has 0 N–H and O–H groups in total. The van der Waals surface area contributed by atoms with Crippen LogP contribution in [0.15, 0.2) is 0 Å². The maximum Gasteiger partial charge on any atom is 0.306 e. The predicted molar refractivity (Wildman–Crippen MR) is 238 cm³/mol. The molecule has 0 aromatic carbocycles. The van der Waals surface area contributed by atoms with E-state index >= 15 is 0 Å². The highest BCUT2D eigenvalue weighted by Gasteiger charge is 2.19. The molecule has 0 saturated carbocycles. The number of esters is 3. The Morgan fingerprint density at radius 2 is 0.482 bits per heavy atom. The maximum absolute atomic E-state index is 12.8. The van der Waals surface area contributed by atoms with Crippen molar-refractivity contribution in [2.45, 2.75) is 290 Å². The van der Waals surface area contributed by atoms with Gasteiger partial charge in [0.2, 0.25) is 0 Å². The van der Waals surface area contributed by atoms with Gasteiger partial charge in [0, 0.05) is 19.3 Å². The van der Waals surface area contributed by atoms with Gasteiger partial charge in [0.05, 0.1) is 0 Å². The second kappa shape index (κ2) is 46.1. The second-order valence-electron chi connectivity index (χ2n) is 17.1. The van der Waals surface area contributed by atoms with Crippen molar-refractivity contribution in [2.24, 2.45) is 0 Å². The fourth-order valence-electron chi connectivity index (χ4n) is 7.56. The SMILES string of the molecule is CCCCCCCCCCCCCCCCCCCC(=O)O[C@@H](COC(=O)CCCCCCCCCCCC)COC(=O)CCCCCCCCCCCCC. The van der Waals surface area contributed by atoms with Crippen molar-refractivity contribution in [3.63, 3.8) is 0 Å². The van der Waals surface area contributed by atoms with Gasteiger partial charge in [-0.2, -0.15) is 0 Å². The largest absolute Gasteiger partial charge is 0.462 e. The standard InChI is InChI=1S/C50H96O6/c1-4-7-10-13-16-19-22-23-24-25-26-27-29-32-35-38-41-44-50(53)56-47(45-54-48(51)42-39-36-33-30-21-18-15-12-9-6-3)46-55-49(52)43-40-37-34-31-28-20-17-14-11-8-5-2/h47H,4-46H2,1-3H3/t47-/m0/s1. The molecule has 0 aromatic heterocycles. The van der Waals surface area contributed by atoms with Gasteiger partial charge in [0.15, 0.2) is 6.10 Å². The minimum absolute atomic E-state index is 0.0623. The second-order valence-corrected chi connectivity index (χ2v) is 17.1. The topological polar surface area (TPSA) is 78.9 Å². The zero-order valence-electron chi connectivity index (χ0n) is 37.9. The van der Waals surface area contributed by atoms with Crippen molar-refractivity contribution in [3.8, 4) is 0 Å². The van der Waals surface area contributed by atoms with Crippen LogP contribution in [0.3, 0.4) is 0 Å². The average molecular weight is 793 g/mol. The van der Waals surface area contributed by atoms with E-state index in [1.165, 1.54) is 186 Å². The maximum atomic E-state index is 12.8. The molecule has 0 aliphatic carbocycles. The van der Waals surface area contributed by atoms with Crippen molar-refractivity contribution < 1.29 is 28.6 Å². The summed E-state index contributed by atoms with van der Waals surface area (Å²) >= 11 is 0. The number of carbonyl (C=O) groups is 3. The minimum Gasteiger partial charge on any atom is -0.462 e. The zero-order chi connectivity index (χ0) is 40.8. The Labute approximate surface area is 348 Å². The van der Waals surface area contributed by atoms with E-state index in [2.05, 4.69) is 20.8 Å². The van der Waals surface area contributed by atoms with Crippen LogP contribution in [0.5, 0.6) is 0 Å². The van der Waals surface area contributed by atoms with Gasteiger partial charge in [-0.25, -0.2) is 0 Å². The third-order valence-electron chi connectivity index (χ3n) is 11.4. The van der Waals surface area contributed by atoms with Crippen LogP contribution in [0.4, 0.5) is 0 Å². The summed E-state index contributed by atoms with van der Waals surface area (Å²) in [5, 5.41) is 0. The number of hydrogen-bond donors (Lipinski definition) is 0. The molecule has 0 fully saturated rings. The van der Waals surface area contributed by atoms with Gasteiger partial charge in [0.25, 0.3) is 0 Å². The highest BCUT2D eigenvalue weighted by Crippen LogP contribution is 2.16. The lowest BCUT2D eigenvalue weighted by atomic mass is 10.0. The summed E-state index contributed by atoms with van der Waals surface area (Å²) in [6.45, 7) is 6.66. The van der Waals surface area contributed by atoms with E-state index in [4.69, 9.17) is 14.2 Å². The molecule has 0 aromatic rings. The van der Waals surface area contributed by atoms with Gasteiger partial charge in [-0.1, -0.05) is 245 Å². The van der Waals surface area contributed by atoms with E-state index in [0.29, 0.717) is 19.3 Å². The summed E-state index contributed by atoms with van der Waals surface area (Å²) in [5.41, 5.74) is 0. The van der Waals surface area contributed by atoms with Crippen LogP contribution in [0, 0.1) is 0 Å². The Kier molecular flexibility index (Phi) is 44.8. The number of rotatable bonds is 46. The third-order valence-corrected chi connectivity index (χ3v) is 11.4. The number of carbonyl (C=O) groups excluding carboxylic acids is 3. The van der Waals surface area contributed by atoms with Crippen LogP contribution in [-0.2, 0) is 28.6 Å². The number of ether oxygens (including phenoxy) is 3. The minimum atomic E-state index is -0.758. The average Bonchev–Trinajstić information content (AvgIpc) is 3.19. The van der Waals surface area contributed by atoms with Crippen LogP contribution in [0.2, 0.25) is 0 Å². The van der Waals surface area contributed by atoms with Crippen molar-refractivity contribution in [1.29, 1.82) is 0 Å². The highest BCUT2D eigenvalue weighted by atomic mass is 16.6. The first-order valence-corrected chi connectivity index (χ1v) is 25.0. The molecule has 0 amide bonds. The van der Waals surface area contributed by atoms with E-state index in [-0.39, 0.29) is 31.1 Å². The molecular formula is C50H96O6. The summed E-state index contributed by atoms with van der Waals surface area (Å²) in [7, 11) is 0. The lowest BCUT2D eigenvalue weighted by molar-refractivity contribution is -0.167. The van der Waals surface area contributed by atoms with Gasteiger partial charge in [0.1, 0.15) is 13.2 Å². The molecule has 0 rings (SSSR count). The summed E-state index contributed by atoms with van der Waals surface area (Å²) in [6.07, 6.45) is 48.0. The molecule has 0 aliphatic rings. The van der Waals surface area contributed by atoms with Crippen LogP contribution in [0.1, 0.15) is 284 Å². The number of hydrogen-bond acceptors (Lipinski definition) is 6. The smallest absolute Gasteiger partial charge is 0.306 e. The van der Waals surface area contributed by atoms with Crippen LogP contribution in [0.25, 0.3) is 0 Å². The lowest BCUT2D eigenvalue weighted by Gasteiger charge is -2.18. The Morgan fingerprint density at radius 3 is 0.714 bits per heavy atom. The van der Waals surface area contributed by atoms with Crippen LogP contribution < -0.4 is 0 Å². The Morgan fingerprint density at radius 1 is 0.286 bits per heavy atom. The Hall–Kier alpha value is -1.59. The monoisotopic (exact) mass is 793 g/mol. The normalized spacial score (nSPS) is 11.8. The summed E-state index contributed by atoms with van der Waals surface area (Å²) in [5.74, 6) is -0.846. The first-order chi connectivity index (χ1) is 27.5. The van der Waals surface area contributed by atoms with Crippen LogP contribution >= 0.6 is 0 Å². The summed E-state index contributed by atoms with van der Waals surface area (Å²) < 4.78 is 16.8. The molecule has 0 heterocycles. The molecule has 1 atom stereocenters. The van der Waals surface area contributed by atoms with E-state index < -0.39 is 6.10 Å². The molecule has 6 nitrogen and oxygen atoms in total. The van der Waals surface area contributed by atoms with E-state index in [0.717, 1.165) is 57.8 Å². The first-order valence-electron chi connectivity index (χ1n) is 25.0. The molecule has 0 spiro atoms. The molecule has 0 aliphatic heterocycles. The first kappa shape index (κ1) is 54.4. The van der Waals surface area contributed by atoms with E-state index in [1.54, 1.807) is 0 Å². The lowest BCUT2D eigenvalue weighted by Crippen LogP contribution is -2.30. The predicted octanol–water partition coefficient (Wildman–Crippen LogP) is 16.0. The third kappa shape index (κ3) is 43.5. The van der Waals surface area contributed by atoms with Gasteiger partial charge in [-0.3, -0.25) is 14.4 Å². The molecule has 6 heteroatoms. The van der Waals surface area contributed by atoms with Crippen molar-refractivity contribution in [3.05, 3.63) is 0 Å². The molecule has 0 unspecified atom stereocenters. The van der Waals surface area contributed by atoms with Crippen LogP contribution in [-0.4, -0.2) is 37.2 Å². The highest BCUT2D eigenvalue weighted by molar-refractivity contribution is 5.71. The van der Waals surface area contributed by atoms with Crippen molar-refractivity contribution >= 4 is 17.9 Å². The molecule has 56 heavy (non-hydrogen) atoms. The van der Waals surface area contributed by atoms with Gasteiger partial charge < -0.3 is 14.2 Å². The van der Waals surface area contributed by atoms with Crippen molar-refractivity contribution in [2.75, 3.05) is 13.2 Å². The fraction of sp³-hybridized carbons (Fsp3) is 0.940. The van der Waals surface area contributed by atoms with Gasteiger partial charge >= 0.3 is 17.9 Å².